The van der Waals surface area contributed by atoms with E-state index in [-0.39, 0.29) is 23.1 Å². The first-order chi connectivity index (χ1) is 11.1. The second-order valence-corrected chi connectivity index (χ2v) is 6.72. The van der Waals surface area contributed by atoms with Crippen molar-refractivity contribution in [2.45, 2.75) is 30.0 Å². The van der Waals surface area contributed by atoms with Crippen LogP contribution < -0.4 is 11.2 Å². The molecule has 0 saturated carbocycles. The van der Waals surface area contributed by atoms with Crippen molar-refractivity contribution in [3.05, 3.63) is 68.5 Å². The number of aliphatic hydroxyl groups excluding tert-OH is 1. The third kappa shape index (κ3) is 3.46. The van der Waals surface area contributed by atoms with Gasteiger partial charge in [0.1, 0.15) is 6.23 Å². The van der Waals surface area contributed by atoms with Crippen LogP contribution in [0.25, 0.3) is 0 Å². The standard InChI is InChI=1S/C16H17BrN2O4/c17-12-7-14(23-13(12)9-20)19-8-11(15(21)18-16(19)22)6-10-4-2-1-3-5-10/h1-5,8,12-14,20H,6-7,9H2,(H,18,21,22)/t12-,13+,14+/m0/s1. The molecule has 0 amide bonds. The minimum Gasteiger partial charge on any atom is -0.394 e. The van der Waals surface area contributed by atoms with E-state index in [2.05, 4.69) is 20.9 Å². The van der Waals surface area contributed by atoms with Crippen LogP contribution in [-0.2, 0) is 11.2 Å². The topological polar surface area (TPSA) is 84.3 Å². The second kappa shape index (κ2) is 6.82. The van der Waals surface area contributed by atoms with Gasteiger partial charge in [0, 0.05) is 29.4 Å². The number of ether oxygens (including phenoxy) is 1. The van der Waals surface area contributed by atoms with Crippen molar-refractivity contribution in [2.24, 2.45) is 0 Å². The number of aromatic nitrogens is 2. The number of hydrogen-bond donors (Lipinski definition) is 2. The number of aromatic amines is 1. The lowest BCUT2D eigenvalue weighted by atomic mass is 10.1. The highest BCUT2D eigenvalue weighted by molar-refractivity contribution is 9.09. The average Bonchev–Trinajstić information content (AvgIpc) is 2.91. The molecule has 6 nitrogen and oxygen atoms in total. The molecule has 1 saturated heterocycles. The maximum Gasteiger partial charge on any atom is 0.330 e. The van der Waals surface area contributed by atoms with E-state index in [4.69, 9.17) is 4.74 Å². The molecule has 23 heavy (non-hydrogen) atoms. The molecular formula is C16H17BrN2O4. The Morgan fingerprint density at radius 3 is 2.70 bits per heavy atom. The fourth-order valence-corrected chi connectivity index (χ4v) is 3.32. The van der Waals surface area contributed by atoms with Crippen molar-refractivity contribution in [1.82, 2.24) is 9.55 Å². The predicted octanol–water partition coefficient (Wildman–Crippen LogP) is 1.17. The third-order valence-corrected chi connectivity index (χ3v) is 4.89. The van der Waals surface area contributed by atoms with E-state index in [1.165, 1.54) is 4.57 Å². The molecule has 0 radical (unpaired) electrons. The Bertz CT molecular complexity index is 787. The monoisotopic (exact) mass is 380 g/mol. The Hall–Kier alpha value is -1.70. The van der Waals surface area contributed by atoms with Gasteiger partial charge >= 0.3 is 5.69 Å². The van der Waals surface area contributed by atoms with E-state index in [9.17, 15) is 14.7 Å². The molecule has 2 aromatic rings. The van der Waals surface area contributed by atoms with Crippen molar-refractivity contribution < 1.29 is 9.84 Å². The van der Waals surface area contributed by atoms with Gasteiger partial charge in [-0.1, -0.05) is 46.3 Å². The van der Waals surface area contributed by atoms with E-state index < -0.39 is 11.9 Å². The Morgan fingerprint density at radius 2 is 2.04 bits per heavy atom. The number of rotatable bonds is 4. The number of benzene rings is 1. The third-order valence-electron chi connectivity index (χ3n) is 3.93. The highest BCUT2D eigenvalue weighted by atomic mass is 79.9. The minimum absolute atomic E-state index is 0.0334. The molecule has 3 rings (SSSR count). The van der Waals surface area contributed by atoms with Crippen LogP contribution in [0.15, 0.2) is 46.1 Å². The van der Waals surface area contributed by atoms with Gasteiger partial charge in [-0.2, -0.15) is 0 Å². The summed E-state index contributed by atoms with van der Waals surface area (Å²) in [4.78, 5) is 26.4. The van der Waals surface area contributed by atoms with Crippen LogP contribution in [-0.4, -0.2) is 32.2 Å². The van der Waals surface area contributed by atoms with Crippen molar-refractivity contribution in [3.63, 3.8) is 0 Å². The molecule has 122 valence electrons. The number of H-pyrrole nitrogens is 1. The minimum atomic E-state index is -0.505. The molecule has 0 unspecified atom stereocenters. The fraction of sp³-hybridized carbons (Fsp3) is 0.375. The summed E-state index contributed by atoms with van der Waals surface area (Å²) in [5, 5.41) is 9.26. The number of nitrogens with one attached hydrogen (secondary N) is 1. The van der Waals surface area contributed by atoms with Crippen LogP contribution in [0.5, 0.6) is 0 Å². The molecule has 3 atom stereocenters. The van der Waals surface area contributed by atoms with Crippen LogP contribution >= 0.6 is 15.9 Å². The molecule has 1 aromatic heterocycles. The summed E-state index contributed by atoms with van der Waals surface area (Å²) in [5.41, 5.74) is 0.595. The van der Waals surface area contributed by atoms with E-state index in [1.54, 1.807) is 6.20 Å². The fourth-order valence-electron chi connectivity index (χ4n) is 2.71. The second-order valence-electron chi connectivity index (χ2n) is 5.55. The largest absolute Gasteiger partial charge is 0.394 e. The summed E-state index contributed by atoms with van der Waals surface area (Å²) >= 11 is 3.44. The zero-order chi connectivity index (χ0) is 16.4. The quantitative estimate of drug-likeness (QED) is 0.779. The number of alkyl halides is 1. The highest BCUT2D eigenvalue weighted by Gasteiger charge is 2.34. The lowest BCUT2D eigenvalue weighted by Gasteiger charge is -2.15. The first kappa shape index (κ1) is 16.2. The molecule has 1 fully saturated rings. The lowest BCUT2D eigenvalue weighted by Crippen LogP contribution is -2.34. The van der Waals surface area contributed by atoms with Gasteiger partial charge in [-0.3, -0.25) is 14.3 Å². The summed E-state index contributed by atoms with van der Waals surface area (Å²) in [5.74, 6) is 0. The zero-order valence-electron chi connectivity index (χ0n) is 12.3. The van der Waals surface area contributed by atoms with E-state index in [0.29, 0.717) is 18.4 Å². The van der Waals surface area contributed by atoms with Crippen LogP contribution in [0.2, 0.25) is 0 Å². The maximum absolute atomic E-state index is 12.1. The van der Waals surface area contributed by atoms with Gasteiger partial charge in [0.15, 0.2) is 0 Å². The summed E-state index contributed by atoms with van der Waals surface area (Å²) in [7, 11) is 0. The van der Waals surface area contributed by atoms with Gasteiger partial charge in [0.05, 0.1) is 12.7 Å². The van der Waals surface area contributed by atoms with Gasteiger partial charge in [-0.25, -0.2) is 4.79 Å². The van der Waals surface area contributed by atoms with Crippen LogP contribution in [0.1, 0.15) is 23.8 Å². The van der Waals surface area contributed by atoms with Crippen molar-refractivity contribution in [2.75, 3.05) is 6.61 Å². The molecule has 7 heteroatoms. The number of halogens is 1. The van der Waals surface area contributed by atoms with Gasteiger partial charge in [0.25, 0.3) is 5.56 Å². The molecular weight excluding hydrogens is 364 g/mol. The normalized spacial score (nSPS) is 24.0. The Kier molecular flexibility index (Phi) is 4.79. The lowest BCUT2D eigenvalue weighted by molar-refractivity contribution is -0.0236. The molecule has 0 spiro atoms. The Labute approximate surface area is 140 Å². The summed E-state index contributed by atoms with van der Waals surface area (Å²) in [6.45, 7) is -0.124. The van der Waals surface area contributed by atoms with Crippen molar-refractivity contribution in [1.29, 1.82) is 0 Å². The molecule has 0 bridgehead atoms. The first-order valence-corrected chi connectivity index (χ1v) is 8.28. The van der Waals surface area contributed by atoms with Crippen LogP contribution in [0.3, 0.4) is 0 Å². The van der Waals surface area contributed by atoms with Crippen LogP contribution in [0.4, 0.5) is 0 Å². The molecule has 2 N–H and O–H groups in total. The van der Waals surface area contributed by atoms with Crippen molar-refractivity contribution in [3.8, 4) is 0 Å². The number of nitrogens with zero attached hydrogens (tertiary/aromatic N) is 1. The molecule has 2 heterocycles. The Morgan fingerprint density at radius 1 is 1.30 bits per heavy atom. The smallest absolute Gasteiger partial charge is 0.330 e. The zero-order valence-corrected chi connectivity index (χ0v) is 13.9. The number of aliphatic hydroxyl groups is 1. The van der Waals surface area contributed by atoms with Crippen molar-refractivity contribution >= 4 is 15.9 Å². The first-order valence-electron chi connectivity index (χ1n) is 7.37. The molecule has 1 aliphatic heterocycles. The average molecular weight is 381 g/mol. The summed E-state index contributed by atoms with van der Waals surface area (Å²) < 4.78 is 7.07. The molecule has 1 aromatic carbocycles. The van der Waals surface area contributed by atoms with E-state index in [1.807, 2.05) is 30.3 Å². The van der Waals surface area contributed by atoms with E-state index in [0.717, 1.165) is 5.56 Å². The van der Waals surface area contributed by atoms with Crippen LogP contribution in [0, 0.1) is 0 Å². The van der Waals surface area contributed by atoms with E-state index >= 15 is 0 Å². The summed E-state index contributed by atoms with van der Waals surface area (Å²) in [6, 6.07) is 9.57. The summed E-state index contributed by atoms with van der Waals surface area (Å²) in [6.07, 6.45) is 1.66. The predicted molar refractivity (Wildman–Crippen MR) is 88.9 cm³/mol. The molecule has 1 aliphatic rings. The molecule has 0 aliphatic carbocycles. The van der Waals surface area contributed by atoms with Gasteiger partial charge in [0.2, 0.25) is 0 Å². The SMILES string of the molecule is O=c1[nH]c(=O)n([C@H]2C[C@H](Br)[C@@H](CO)O2)cc1Cc1ccccc1. The van der Waals surface area contributed by atoms with Gasteiger partial charge < -0.3 is 9.84 Å². The Balaban J connectivity index is 1.92. The number of hydrogen-bond acceptors (Lipinski definition) is 4. The highest BCUT2D eigenvalue weighted by Crippen LogP contribution is 2.32. The van der Waals surface area contributed by atoms with Gasteiger partial charge in [-0.05, 0) is 5.56 Å². The van der Waals surface area contributed by atoms with Gasteiger partial charge in [-0.15, -0.1) is 0 Å². The maximum atomic E-state index is 12.1.